The second-order valence-corrected chi connectivity index (χ2v) is 9.75. The Morgan fingerprint density at radius 1 is 1.19 bits per heavy atom. The Hall–Kier alpha value is -3.31. The van der Waals surface area contributed by atoms with Crippen molar-refractivity contribution in [1.29, 1.82) is 0 Å². The number of carbonyl (C=O) groups excluding carboxylic acids is 1. The summed E-state index contributed by atoms with van der Waals surface area (Å²) >= 11 is 1.31. The molecular weight excluding hydrogens is 436 g/mol. The summed E-state index contributed by atoms with van der Waals surface area (Å²) in [4.78, 5) is 17.1. The topological polar surface area (TPSA) is 110 Å². The fourth-order valence-electron chi connectivity index (χ4n) is 3.01. The van der Waals surface area contributed by atoms with E-state index in [-0.39, 0.29) is 5.91 Å². The van der Waals surface area contributed by atoms with E-state index in [1.807, 2.05) is 18.4 Å². The average Bonchev–Trinajstić information content (AvgIpc) is 3.38. The number of hydrogen-bond acceptors (Lipinski definition) is 7. The quantitative estimate of drug-likeness (QED) is 0.477. The van der Waals surface area contributed by atoms with Crippen molar-refractivity contribution in [3.63, 3.8) is 0 Å². The van der Waals surface area contributed by atoms with Gasteiger partial charge >= 0.3 is 0 Å². The molecule has 2 aromatic heterocycles. The summed E-state index contributed by atoms with van der Waals surface area (Å²) in [5.41, 5.74) is 4.08. The van der Waals surface area contributed by atoms with Gasteiger partial charge in [-0.25, -0.2) is 18.1 Å². The highest BCUT2D eigenvalue weighted by Gasteiger charge is 2.14. The number of sulfonamides is 1. The van der Waals surface area contributed by atoms with Crippen LogP contribution in [0.5, 0.6) is 0 Å². The summed E-state index contributed by atoms with van der Waals surface area (Å²) in [6.07, 6.45) is 1.15. The third kappa shape index (κ3) is 4.28. The normalized spacial score (nSPS) is 11.6. The van der Waals surface area contributed by atoms with Crippen LogP contribution in [-0.4, -0.2) is 47.6 Å². The zero-order valence-electron chi connectivity index (χ0n) is 17.1. The van der Waals surface area contributed by atoms with E-state index in [1.54, 1.807) is 41.1 Å². The second kappa shape index (κ2) is 8.08. The molecule has 0 saturated carbocycles. The summed E-state index contributed by atoms with van der Waals surface area (Å²) in [6.45, 7) is 2.68. The molecule has 0 unspecified atom stereocenters. The number of aryl methyl sites for hydroxylation is 1. The highest BCUT2D eigenvalue weighted by atomic mass is 32.2. The summed E-state index contributed by atoms with van der Waals surface area (Å²) in [7, 11) is -1.82. The van der Waals surface area contributed by atoms with Crippen molar-refractivity contribution in [1.82, 2.24) is 20.0 Å². The Morgan fingerprint density at radius 2 is 1.94 bits per heavy atom. The zero-order chi connectivity index (χ0) is 22.2. The van der Waals surface area contributed by atoms with Gasteiger partial charge in [-0.2, -0.15) is 0 Å². The highest BCUT2D eigenvalue weighted by Crippen LogP contribution is 2.27. The number of amides is 1. The molecule has 2 aromatic carbocycles. The van der Waals surface area contributed by atoms with Crippen molar-refractivity contribution in [2.45, 2.75) is 13.5 Å². The molecule has 1 amide bonds. The third-order valence-electron chi connectivity index (χ3n) is 4.82. The standard InChI is InChI=1S/C20H20N6O3S2/c1-4-26-18-10-7-14(11-16(18)23-24-26)19(27)22-20-21-17(12-30-20)13-5-8-15(9-6-13)25(2)31(3,28)29/h5-12H,4H2,1-3H3,(H,21,22,27). The molecule has 0 atom stereocenters. The Kier molecular flexibility index (Phi) is 5.46. The Bertz CT molecular complexity index is 1360. The predicted octanol–water partition coefficient (Wildman–Crippen LogP) is 3.22. The van der Waals surface area contributed by atoms with E-state index < -0.39 is 10.0 Å². The van der Waals surface area contributed by atoms with Crippen LogP contribution < -0.4 is 9.62 Å². The maximum atomic E-state index is 12.6. The Morgan fingerprint density at radius 3 is 2.61 bits per heavy atom. The van der Waals surface area contributed by atoms with Gasteiger partial charge in [0.25, 0.3) is 5.91 Å². The summed E-state index contributed by atoms with van der Waals surface area (Å²) < 4.78 is 26.3. The average molecular weight is 457 g/mol. The summed E-state index contributed by atoms with van der Waals surface area (Å²) in [5, 5.41) is 13.3. The number of anilines is 2. The molecule has 4 aromatic rings. The molecule has 0 fully saturated rings. The second-order valence-electron chi connectivity index (χ2n) is 6.88. The van der Waals surface area contributed by atoms with Crippen LogP contribution in [0.15, 0.2) is 47.8 Å². The van der Waals surface area contributed by atoms with Gasteiger partial charge in [-0.05, 0) is 37.3 Å². The first kappa shape index (κ1) is 20.9. The SMILES string of the molecule is CCn1nnc2cc(C(=O)Nc3nc(-c4ccc(N(C)S(C)(=O)=O)cc4)cs3)ccc21. The summed E-state index contributed by atoms with van der Waals surface area (Å²) in [6, 6.07) is 12.3. The third-order valence-corrected chi connectivity index (χ3v) is 6.79. The number of aromatic nitrogens is 4. The van der Waals surface area contributed by atoms with E-state index in [1.165, 1.54) is 22.7 Å². The molecule has 11 heteroatoms. The molecule has 2 heterocycles. The molecule has 0 spiro atoms. The molecule has 0 aliphatic rings. The van der Waals surface area contributed by atoms with Crippen LogP contribution in [0.1, 0.15) is 17.3 Å². The lowest BCUT2D eigenvalue weighted by molar-refractivity contribution is 0.102. The minimum Gasteiger partial charge on any atom is -0.298 e. The van der Waals surface area contributed by atoms with Gasteiger partial charge in [-0.3, -0.25) is 14.4 Å². The zero-order valence-corrected chi connectivity index (χ0v) is 18.7. The van der Waals surface area contributed by atoms with Gasteiger partial charge in [-0.15, -0.1) is 16.4 Å². The van der Waals surface area contributed by atoms with E-state index in [0.717, 1.165) is 17.3 Å². The van der Waals surface area contributed by atoms with Gasteiger partial charge in [0.2, 0.25) is 10.0 Å². The van der Waals surface area contributed by atoms with Crippen molar-refractivity contribution in [2.24, 2.45) is 0 Å². The first-order valence-corrected chi connectivity index (χ1v) is 12.1. The van der Waals surface area contributed by atoms with Crippen molar-refractivity contribution in [3.05, 3.63) is 53.4 Å². The van der Waals surface area contributed by atoms with E-state index in [2.05, 4.69) is 20.6 Å². The van der Waals surface area contributed by atoms with E-state index >= 15 is 0 Å². The molecular formula is C20H20N6O3S2. The molecule has 0 radical (unpaired) electrons. The molecule has 9 nitrogen and oxygen atoms in total. The molecule has 0 bridgehead atoms. The number of fused-ring (bicyclic) bond motifs is 1. The van der Waals surface area contributed by atoms with E-state index in [9.17, 15) is 13.2 Å². The van der Waals surface area contributed by atoms with Gasteiger partial charge < -0.3 is 0 Å². The van der Waals surface area contributed by atoms with Crippen molar-refractivity contribution < 1.29 is 13.2 Å². The van der Waals surface area contributed by atoms with Gasteiger partial charge in [0.15, 0.2) is 5.13 Å². The van der Waals surface area contributed by atoms with E-state index in [0.29, 0.717) is 34.1 Å². The molecule has 0 aliphatic heterocycles. The number of hydrogen-bond donors (Lipinski definition) is 1. The highest BCUT2D eigenvalue weighted by molar-refractivity contribution is 7.92. The number of rotatable bonds is 6. The first-order valence-electron chi connectivity index (χ1n) is 9.40. The maximum absolute atomic E-state index is 12.6. The number of nitrogens with zero attached hydrogens (tertiary/aromatic N) is 5. The minimum absolute atomic E-state index is 0.279. The molecule has 0 aliphatic carbocycles. The number of benzene rings is 2. The smallest absolute Gasteiger partial charge is 0.257 e. The number of carbonyl (C=O) groups is 1. The van der Waals surface area contributed by atoms with Crippen LogP contribution in [0.3, 0.4) is 0 Å². The molecule has 0 saturated heterocycles. The van der Waals surface area contributed by atoms with Crippen LogP contribution in [0.25, 0.3) is 22.3 Å². The van der Waals surface area contributed by atoms with Crippen LogP contribution in [0.2, 0.25) is 0 Å². The van der Waals surface area contributed by atoms with Gasteiger partial charge in [0.1, 0.15) is 5.52 Å². The van der Waals surface area contributed by atoms with Crippen LogP contribution >= 0.6 is 11.3 Å². The van der Waals surface area contributed by atoms with Crippen LogP contribution in [0, 0.1) is 0 Å². The summed E-state index contributed by atoms with van der Waals surface area (Å²) in [5.74, 6) is -0.279. The van der Waals surface area contributed by atoms with Gasteiger partial charge in [0.05, 0.1) is 23.2 Å². The van der Waals surface area contributed by atoms with Crippen molar-refractivity contribution >= 4 is 49.1 Å². The maximum Gasteiger partial charge on any atom is 0.257 e. The predicted molar refractivity (Wildman–Crippen MR) is 122 cm³/mol. The van der Waals surface area contributed by atoms with Crippen molar-refractivity contribution in [3.8, 4) is 11.3 Å². The fraction of sp³-hybridized carbons (Fsp3) is 0.200. The fourth-order valence-corrected chi connectivity index (χ4v) is 4.23. The lowest BCUT2D eigenvalue weighted by Gasteiger charge is -2.16. The van der Waals surface area contributed by atoms with Crippen LogP contribution in [0.4, 0.5) is 10.8 Å². The first-order chi connectivity index (χ1) is 14.8. The lowest BCUT2D eigenvalue weighted by atomic mass is 10.1. The van der Waals surface area contributed by atoms with E-state index in [4.69, 9.17) is 0 Å². The number of thiazole rings is 1. The molecule has 31 heavy (non-hydrogen) atoms. The molecule has 160 valence electrons. The van der Waals surface area contributed by atoms with Gasteiger partial charge in [-0.1, -0.05) is 17.3 Å². The van der Waals surface area contributed by atoms with Crippen LogP contribution in [-0.2, 0) is 16.6 Å². The minimum atomic E-state index is -3.32. The number of nitrogens with one attached hydrogen (secondary N) is 1. The Labute approximate surface area is 183 Å². The molecule has 4 rings (SSSR count). The largest absolute Gasteiger partial charge is 0.298 e. The lowest BCUT2D eigenvalue weighted by Crippen LogP contribution is -2.24. The monoisotopic (exact) mass is 456 g/mol. The Balaban J connectivity index is 1.49. The van der Waals surface area contributed by atoms with Gasteiger partial charge in [0, 0.05) is 30.1 Å². The molecule has 1 N–H and O–H groups in total. The van der Waals surface area contributed by atoms with Crippen molar-refractivity contribution in [2.75, 3.05) is 22.9 Å².